The fourth-order valence-electron chi connectivity index (χ4n) is 5.27. The maximum absolute atomic E-state index is 13.1. The Morgan fingerprint density at radius 1 is 0.974 bits per heavy atom. The third-order valence-corrected chi connectivity index (χ3v) is 7.31. The summed E-state index contributed by atoms with van der Waals surface area (Å²) in [6.45, 7) is 4.53. The quantitative estimate of drug-likeness (QED) is 0.523. The molecule has 1 amide bonds. The number of phenolic OH excluding ortho intramolecular Hbond substituents is 1. The molecule has 38 heavy (non-hydrogen) atoms. The van der Waals surface area contributed by atoms with E-state index in [0.29, 0.717) is 44.0 Å². The van der Waals surface area contributed by atoms with E-state index >= 15 is 0 Å². The number of amides is 1. The smallest absolute Gasteiger partial charge is 0.419 e. The number of aromatic nitrogens is 2. The van der Waals surface area contributed by atoms with Gasteiger partial charge in [-0.1, -0.05) is 6.07 Å². The van der Waals surface area contributed by atoms with E-state index in [1.54, 1.807) is 24.5 Å². The number of anilines is 1. The van der Waals surface area contributed by atoms with E-state index in [1.807, 2.05) is 17.0 Å². The predicted molar refractivity (Wildman–Crippen MR) is 138 cm³/mol. The van der Waals surface area contributed by atoms with E-state index in [1.165, 1.54) is 0 Å². The number of likely N-dealkylation sites (tertiary alicyclic amines) is 1. The summed E-state index contributed by atoms with van der Waals surface area (Å²) in [5.74, 6) is 0.201. The van der Waals surface area contributed by atoms with Gasteiger partial charge >= 0.3 is 6.18 Å². The lowest BCUT2D eigenvalue weighted by atomic mass is 9.97. The van der Waals surface area contributed by atoms with Crippen molar-refractivity contribution < 1.29 is 23.1 Å². The van der Waals surface area contributed by atoms with Crippen molar-refractivity contribution in [3.8, 4) is 17.1 Å². The Bertz CT molecular complexity index is 1250. The van der Waals surface area contributed by atoms with Crippen LogP contribution in [0.3, 0.4) is 0 Å². The molecule has 1 N–H and O–H groups in total. The van der Waals surface area contributed by atoms with Crippen LogP contribution in [0.4, 0.5) is 18.9 Å². The summed E-state index contributed by atoms with van der Waals surface area (Å²) in [7, 11) is 0. The number of carbonyl (C=O) groups is 1. The number of hydrogen-bond donors (Lipinski definition) is 1. The highest BCUT2D eigenvalue weighted by atomic mass is 19.4. The number of piperazine rings is 1. The molecule has 0 aliphatic carbocycles. The summed E-state index contributed by atoms with van der Waals surface area (Å²) in [4.78, 5) is 27.8. The van der Waals surface area contributed by atoms with Crippen molar-refractivity contribution in [2.24, 2.45) is 5.92 Å². The predicted octanol–water partition coefficient (Wildman–Crippen LogP) is 4.08. The van der Waals surface area contributed by atoms with Crippen LogP contribution in [0.15, 0.2) is 60.9 Å². The van der Waals surface area contributed by atoms with Crippen LogP contribution in [0.5, 0.6) is 5.75 Å². The van der Waals surface area contributed by atoms with Crippen LogP contribution in [0.2, 0.25) is 0 Å². The van der Waals surface area contributed by atoms with E-state index in [9.17, 15) is 23.1 Å². The van der Waals surface area contributed by atoms with Gasteiger partial charge in [0.15, 0.2) is 5.82 Å². The van der Waals surface area contributed by atoms with Gasteiger partial charge in [0, 0.05) is 56.4 Å². The Morgan fingerprint density at radius 3 is 2.37 bits per heavy atom. The highest BCUT2D eigenvalue weighted by Crippen LogP contribution is 2.36. The van der Waals surface area contributed by atoms with Crippen molar-refractivity contribution in [2.75, 3.05) is 50.7 Å². The van der Waals surface area contributed by atoms with Gasteiger partial charge in [0.2, 0.25) is 5.91 Å². The van der Waals surface area contributed by atoms with Crippen LogP contribution in [0.25, 0.3) is 11.4 Å². The van der Waals surface area contributed by atoms with E-state index in [0.717, 1.165) is 49.4 Å². The molecule has 0 bridgehead atoms. The molecule has 3 aromatic rings. The first-order valence-corrected chi connectivity index (χ1v) is 12.8. The number of benzene rings is 2. The van der Waals surface area contributed by atoms with Crippen molar-refractivity contribution in [2.45, 2.75) is 19.0 Å². The van der Waals surface area contributed by atoms with E-state index in [2.05, 4.69) is 31.9 Å². The molecular weight excluding hydrogens is 495 g/mol. The summed E-state index contributed by atoms with van der Waals surface area (Å²) in [5, 5.41) is 9.55. The second kappa shape index (κ2) is 11.0. The lowest BCUT2D eigenvalue weighted by molar-refractivity contribution is -0.138. The first-order valence-electron chi connectivity index (χ1n) is 12.8. The van der Waals surface area contributed by atoms with Crippen molar-refractivity contribution >= 4 is 11.6 Å². The molecule has 3 heterocycles. The number of hydrogen-bond acceptors (Lipinski definition) is 6. The molecule has 0 spiro atoms. The normalized spacial score (nSPS) is 18.7. The third-order valence-electron chi connectivity index (χ3n) is 7.31. The fraction of sp³-hybridized carbons (Fsp3) is 0.393. The molecule has 2 fully saturated rings. The van der Waals surface area contributed by atoms with Crippen molar-refractivity contribution in [3.63, 3.8) is 0 Å². The lowest BCUT2D eigenvalue weighted by Gasteiger charge is -2.36. The zero-order chi connectivity index (χ0) is 26.7. The third kappa shape index (κ3) is 6.07. The van der Waals surface area contributed by atoms with Gasteiger partial charge in [-0.2, -0.15) is 13.2 Å². The Labute approximate surface area is 219 Å². The van der Waals surface area contributed by atoms with Crippen LogP contribution >= 0.6 is 0 Å². The zero-order valence-electron chi connectivity index (χ0n) is 20.9. The van der Waals surface area contributed by atoms with Gasteiger partial charge in [0.05, 0.1) is 12.1 Å². The van der Waals surface area contributed by atoms with Crippen LogP contribution in [0.1, 0.15) is 17.5 Å². The average Bonchev–Trinajstić information content (AvgIpc) is 3.36. The molecule has 1 unspecified atom stereocenters. The van der Waals surface area contributed by atoms with E-state index in [-0.39, 0.29) is 11.8 Å². The zero-order valence-corrected chi connectivity index (χ0v) is 20.9. The fourth-order valence-corrected chi connectivity index (χ4v) is 5.27. The molecule has 1 aromatic heterocycles. The van der Waals surface area contributed by atoms with Crippen LogP contribution in [-0.2, 0) is 17.4 Å². The Balaban J connectivity index is 1.09. The molecular formula is C28H30F3N5O2. The highest BCUT2D eigenvalue weighted by molar-refractivity contribution is 5.78. The standard InChI is InChI=1S/C28H30F3N5O2/c29-28(30,31)24-17-20(2-7-25(24)37)16-21-8-11-34(18-21)19-26(38)36-14-12-35(13-15-36)23-5-3-22(4-6-23)27-32-9-1-10-33-27/h1-7,9-10,17,21,37H,8,11-16,18-19H2. The SMILES string of the molecule is O=C(CN1CCC(Cc2ccc(O)c(C(F)(F)F)c2)C1)N1CCN(c2ccc(-c3ncccn3)cc2)CC1. The number of aromatic hydroxyl groups is 1. The van der Waals surface area contributed by atoms with Crippen LogP contribution in [0, 0.1) is 5.92 Å². The summed E-state index contributed by atoms with van der Waals surface area (Å²) >= 11 is 0. The molecule has 7 nitrogen and oxygen atoms in total. The molecule has 10 heteroatoms. The Kier molecular flexibility index (Phi) is 7.51. The largest absolute Gasteiger partial charge is 0.507 e. The maximum atomic E-state index is 13.1. The minimum Gasteiger partial charge on any atom is -0.507 e. The second-order valence-electron chi connectivity index (χ2n) is 9.93. The number of nitrogens with zero attached hydrogens (tertiary/aromatic N) is 5. The van der Waals surface area contributed by atoms with Gasteiger partial charge in [0.25, 0.3) is 0 Å². The first kappa shape index (κ1) is 26.0. The molecule has 0 radical (unpaired) electrons. The Morgan fingerprint density at radius 2 is 1.68 bits per heavy atom. The van der Waals surface area contributed by atoms with Crippen molar-refractivity contribution in [3.05, 3.63) is 72.1 Å². The molecule has 2 saturated heterocycles. The minimum atomic E-state index is -4.58. The maximum Gasteiger partial charge on any atom is 0.419 e. The van der Waals surface area contributed by atoms with Gasteiger partial charge < -0.3 is 14.9 Å². The molecule has 0 saturated carbocycles. The topological polar surface area (TPSA) is 72.8 Å². The number of alkyl halides is 3. The summed E-state index contributed by atoms with van der Waals surface area (Å²) in [6, 6.07) is 13.6. The highest BCUT2D eigenvalue weighted by Gasteiger charge is 2.34. The molecule has 2 aliphatic heterocycles. The second-order valence-corrected chi connectivity index (χ2v) is 9.93. The molecule has 5 rings (SSSR count). The summed E-state index contributed by atoms with van der Waals surface area (Å²) in [6.07, 6.45) is 0.170. The lowest BCUT2D eigenvalue weighted by Crippen LogP contribution is -2.51. The minimum absolute atomic E-state index is 0.0888. The Hall–Kier alpha value is -3.66. The molecule has 200 valence electrons. The van der Waals surface area contributed by atoms with Crippen molar-refractivity contribution in [1.82, 2.24) is 19.8 Å². The molecule has 1 atom stereocenters. The van der Waals surface area contributed by atoms with Gasteiger partial charge in [-0.05, 0) is 73.3 Å². The van der Waals surface area contributed by atoms with Gasteiger partial charge in [-0.15, -0.1) is 0 Å². The van der Waals surface area contributed by atoms with E-state index in [4.69, 9.17) is 0 Å². The molecule has 2 aliphatic rings. The van der Waals surface area contributed by atoms with Gasteiger partial charge in [-0.25, -0.2) is 9.97 Å². The van der Waals surface area contributed by atoms with Gasteiger partial charge in [0.1, 0.15) is 5.75 Å². The number of phenols is 1. The average molecular weight is 526 g/mol. The van der Waals surface area contributed by atoms with Crippen molar-refractivity contribution in [1.29, 1.82) is 0 Å². The first-order chi connectivity index (χ1) is 18.3. The van der Waals surface area contributed by atoms with Gasteiger partial charge in [-0.3, -0.25) is 9.69 Å². The van der Waals surface area contributed by atoms with Crippen LogP contribution in [-0.4, -0.2) is 76.6 Å². The number of rotatable bonds is 6. The number of carbonyl (C=O) groups excluding carboxylic acids is 1. The monoisotopic (exact) mass is 525 g/mol. The van der Waals surface area contributed by atoms with Crippen LogP contribution < -0.4 is 4.90 Å². The summed E-state index contributed by atoms with van der Waals surface area (Å²) in [5.41, 5.74) is 1.61. The summed E-state index contributed by atoms with van der Waals surface area (Å²) < 4.78 is 39.3. The number of halogens is 3. The van der Waals surface area contributed by atoms with E-state index < -0.39 is 17.5 Å². The molecule has 2 aromatic carbocycles.